The average Bonchev–Trinajstić information content (AvgIpc) is 2.84. The van der Waals surface area contributed by atoms with Crippen LogP contribution in [0.4, 0.5) is 5.13 Å². The highest BCUT2D eigenvalue weighted by Crippen LogP contribution is 2.28. The zero-order valence-corrected chi connectivity index (χ0v) is 13.8. The summed E-state index contributed by atoms with van der Waals surface area (Å²) < 4.78 is 1.09. The molecule has 1 aliphatic heterocycles. The lowest BCUT2D eigenvalue weighted by atomic mass is 9.80. The SMILES string of the molecule is CC1(C)CN(CC(=O)Nc2nc3ccccc3s2)CCC1N. The van der Waals surface area contributed by atoms with Crippen molar-refractivity contribution < 1.29 is 4.79 Å². The predicted molar refractivity (Wildman–Crippen MR) is 91.1 cm³/mol. The third kappa shape index (κ3) is 3.29. The molecule has 1 aromatic carbocycles. The van der Waals surface area contributed by atoms with Crippen molar-refractivity contribution in [3.05, 3.63) is 24.3 Å². The Hall–Kier alpha value is -1.50. The van der Waals surface area contributed by atoms with Crippen LogP contribution in [0.5, 0.6) is 0 Å². The second-order valence-electron chi connectivity index (χ2n) is 6.63. The number of hydrogen-bond acceptors (Lipinski definition) is 5. The number of carbonyl (C=O) groups is 1. The third-order valence-electron chi connectivity index (χ3n) is 4.30. The van der Waals surface area contributed by atoms with E-state index in [0.717, 1.165) is 29.7 Å². The molecule has 118 valence electrons. The number of benzene rings is 1. The molecule has 0 bridgehead atoms. The van der Waals surface area contributed by atoms with Gasteiger partial charge in [-0.25, -0.2) is 4.98 Å². The first-order valence-electron chi connectivity index (χ1n) is 7.57. The number of fused-ring (bicyclic) bond motifs is 1. The molecule has 1 atom stereocenters. The summed E-state index contributed by atoms with van der Waals surface area (Å²) in [6.07, 6.45) is 0.932. The van der Waals surface area contributed by atoms with Gasteiger partial charge in [0, 0.05) is 19.1 Å². The van der Waals surface area contributed by atoms with Crippen molar-refractivity contribution in [2.24, 2.45) is 11.1 Å². The van der Waals surface area contributed by atoms with Gasteiger partial charge in [0.25, 0.3) is 0 Å². The van der Waals surface area contributed by atoms with Crippen molar-refractivity contribution in [2.75, 3.05) is 25.0 Å². The van der Waals surface area contributed by atoms with Crippen molar-refractivity contribution in [3.8, 4) is 0 Å². The molecule has 1 amide bonds. The molecular weight excluding hydrogens is 296 g/mol. The lowest BCUT2D eigenvalue weighted by molar-refractivity contribution is -0.118. The van der Waals surface area contributed by atoms with Gasteiger partial charge in [0.1, 0.15) is 0 Å². The Balaban J connectivity index is 1.60. The molecule has 1 fully saturated rings. The molecule has 0 saturated carbocycles. The quantitative estimate of drug-likeness (QED) is 0.911. The molecule has 1 unspecified atom stereocenters. The number of piperidine rings is 1. The molecule has 3 rings (SSSR count). The van der Waals surface area contributed by atoms with Crippen molar-refractivity contribution in [3.63, 3.8) is 0 Å². The molecule has 1 aromatic heterocycles. The van der Waals surface area contributed by atoms with Crippen LogP contribution >= 0.6 is 11.3 Å². The van der Waals surface area contributed by atoms with Crippen molar-refractivity contribution in [1.82, 2.24) is 9.88 Å². The Morgan fingerprint density at radius 2 is 2.27 bits per heavy atom. The van der Waals surface area contributed by atoms with Gasteiger partial charge in [-0.2, -0.15) is 0 Å². The molecule has 0 aliphatic carbocycles. The molecule has 3 N–H and O–H groups in total. The lowest BCUT2D eigenvalue weighted by Gasteiger charge is -2.42. The smallest absolute Gasteiger partial charge is 0.240 e. The fourth-order valence-corrected chi connectivity index (χ4v) is 3.79. The Morgan fingerprint density at radius 1 is 1.50 bits per heavy atom. The summed E-state index contributed by atoms with van der Waals surface area (Å²) in [4.78, 5) is 18.8. The van der Waals surface area contributed by atoms with Crippen LogP contribution in [0.15, 0.2) is 24.3 Å². The summed E-state index contributed by atoms with van der Waals surface area (Å²) in [7, 11) is 0. The second-order valence-corrected chi connectivity index (χ2v) is 7.66. The van der Waals surface area contributed by atoms with E-state index in [1.807, 2.05) is 24.3 Å². The van der Waals surface area contributed by atoms with E-state index < -0.39 is 0 Å². The zero-order valence-electron chi connectivity index (χ0n) is 13.0. The van der Waals surface area contributed by atoms with E-state index in [1.165, 1.54) is 11.3 Å². The summed E-state index contributed by atoms with van der Waals surface area (Å²) in [5, 5.41) is 3.58. The highest BCUT2D eigenvalue weighted by molar-refractivity contribution is 7.22. The van der Waals surface area contributed by atoms with Gasteiger partial charge < -0.3 is 11.1 Å². The van der Waals surface area contributed by atoms with Crippen LogP contribution in [0.25, 0.3) is 10.2 Å². The third-order valence-corrected chi connectivity index (χ3v) is 5.25. The number of para-hydroxylation sites is 1. The van der Waals surface area contributed by atoms with E-state index in [0.29, 0.717) is 11.7 Å². The van der Waals surface area contributed by atoms with Crippen LogP contribution < -0.4 is 11.1 Å². The zero-order chi connectivity index (χ0) is 15.7. The van der Waals surface area contributed by atoms with Crippen LogP contribution in [0, 0.1) is 5.41 Å². The molecule has 5 nitrogen and oxygen atoms in total. The number of nitrogens with two attached hydrogens (primary N) is 1. The maximum atomic E-state index is 12.2. The molecule has 6 heteroatoms. The summed E-state index contributed by atoms with van der Waals surface area (Å²) >= 11 is 1.51. The monoisotopic (exact) mass is 318 g/mol. The lowest BCUT2D eigenvalue weighted by Crippen LogP contribution is -2.53. The number of aromatic nitrogens is 1. The van der Waals surface area contributed by atoms with E-state index in [-0.39, 0.29) is 17.4 Å². The van der Waals surface area contributed by atoms with Crippen LogP contribution in [0.3, 0.4) is 0 Å². The number of carbonyl (C=O) groups excluding carboxylic acids is 1. The summed E-state index contributed by atoms with van der Waals surface area (Å²) in [6, 6.07) is 8.10. The van der Waals surface area contributed by atoms with Crippen LogP contribution in [-0.2, 0) is 4.79 Å². The highest BCUT2D eigenvalue weighted by atomic mass is 32.1. The van der Waals surface area contributed by atoms with Crippen LogP contribution in [0.2, 0.25) is 0 Å². The number of likely N-dealkylation sites (tertiary alicyclic amines) is 1. The number of amides is 1. The van der Waals surface area contributed by atoms with Gasteiger partial charge in [-0.1, -0.05) is 37.3 Å². The first-order valence-corrected chi connectivity index (χ1v) is 8.39. The molecule has 2 aromatic rings. The number of nitrogens with one attached hydrogen (secondary N) is 1. The number of thiazole rings is 1. The van der Waals surface area contributed by atoms with Gasteiger partial charge in [0.15, 0.2) is 5.13 Å². The minimum absolute atomic E-state index is 0.00896. The minimum atomic E-state index is -0.00896. The van der Waals surface area contributed by atoms with E-state index in [1.54, 1.807) is 0 Å². The largest absolute Gasteiger partial charge is 0.327 e. The predicted octanol–water partition coefficient (Wildman–Crippen LogP) is 2.29. The van der Waals surface area contributed by atoms with E-state index in [4.69, 9.17) is 5.73 Å². The molecule has 2 heterocycles. The van der Waals surface area contributed by atoms with Gasteiger partial charge >= 0.3 is 0 Å². The average molecular weight is 318 g/mol. The van der Waals surface area contributed by atoms with Crippen molar-refractivity contribution in [2.45, 2.75) is 26.3 Å². The molecule has 22 heavy (non-hydrogen) atoms. The molecule has 1 saturated heterocycles. The van der Waals surface area contributed by atoms with Crippen LogP contribution in [0.1, 0.15) is 20.3 Å². The fraction of sp³-hybridized carbons (Fsp3) is 0.500. The first kappa shape index (κ1) is 15.4. The number of hydrogen-bond donors (Lipinski definition) is 2. The summed E-state index contributed by atoms with van der Waals surface area (Å²) in [6.45, 7) is 6.44. The van der Waals surface area contributed by atoms with Gasteiger partial charge in [0.05, 0.1) is 16.8 Å². The Kier molecular flexibility index (Phi) is 4.16. The van der Waals surface area contributed by atoms with Gasteiger partial charge in [-0.15, -0.1) is 0 Å². The van der Waals surface area contributed by atoms with Gasteiger partial charge in [-0.05, 0) is 24.0 Å². The molecule has 0 spiro atoms. The van der Waals surface area contributed by atoms with Crippen LogP contribution in [-0.4, -0.2) is 41.5 Å². The number of rotatable bonds is 3. The summed E-state index contributed by atoms with van der Waals surface area (Å²) in [5.74, 6) is -0.00896. The molecular formula is C16H22N4OS. The summed E-state index contributed by atoms with van der Waals surface area (Å²) in [5.41, 5.74) is 7.11. The Bertz CT molecular complexity index is 649. The normalized spacial score (nSPS) is 21.9. The Labute approximate surface area is 134 Å². The topological polar surface area (TPSA) is 71.2 Å². The number of nitrogens with zero attached hydrogens (tertiary/aromatic N) is 2. The highest BCUT2D eigenvalue weighted by Gasteiger charge is 2.33. The van der Waals surface area contributed by atoms with Gasteiger partial charge in [-0.3, -0.25) is 9.69 Å². The second kappa shape index (κ2) is 5.95. The van der Waals surface area contributed by atoms with E-state index in [9.17, 15) is 4.79 Å². The van der Waals surface area contributed by atoms with Gasteiger partial charge in [0.2, 0.25) is 5.91 Å². The minimum Gasteiger partial charge on any atom is -0.327 e. The van der Waals surface area contributed by atoms with E-state index in [2.05, 4.69) is 29.0 Å². The Morgan fingerprint density at radius 3 is 3.00 bits per heavy atom. The molecule has 0 radical (unpaired) electrons. The van der Waals surface area contributed by atoms with Crippen molar-refractivity contribution in [1.29, 1.82) is 0 Å². The van der Waals surface area contributed by atoms with E-state index >= 15 is 0 Å². The maximum Gasteiger partial charge on any atom is 0.240 e. The molecule has 1 aliphatic rings. The standard InChI is InChI=1S/C16H22N4OS/c1-16(2)10-20(8-7-13(16)17)9-14(21)19-15-18-11-5-3-4-6-12(11)22-15/h3-6,13H,7-10,17H2,1-2H3,(H,18,19,21). The maximum absolute atomic E-state index is 12.2. The first-order chi connectivity index (χ1) is 10.4. The van der Waals surface area contributed by atoms with Crippen molar-refractivity contribution >= 4 is 32.6 Å². The number of anilines is 1. The fourth-order valence-electron chi connectivity index (χ4n) is 2.91.